The summed E-state index contributed by atoms with van der Waals surface area (Å²) in [6, 6.07) is 9.04. The SMILES string of the molecule is CCCCNC1CC2(CCN(C)CC2)Oc2ccccc21. The minimum atomic E-state index is 0.0464. The molecule has 1 aromatic carbocycles. The van der Waals surface area contributed by atoms with E-state index in [9.17, 15) is 0 Å². The van der Waals surface area contributed by atoms with Gasteiger partial charge in [0.25, 0.3) is 0 Å². The van der Waals surface area contributed by atoms with Crippen LogP contribution in [0.4, 0.5) is 0 Å². The van der Waals surface area contributed by atoms with E-state index in [0.29, 0.717) is 6.04 Å². The Morgan fingerprint density at radius 1 is 1.29 bits per heavy atom. The van der Waals surface area contributed by atoms with Crippen LogP contribution in [0.2, 0.25) is 0 Å². The Balaban J connectivity index is 1.79. The monoisotopic (exact) mass is 288 g/mol. The zero-order valence-electron chi connectivity index (χ0n) is 13.4. The summed E-state index contributed by atoms with van der Waals surface area (Å²) in [5, 5.41) is 3.77. The minimum Gasteiger partial charge on any atom is -0.487 e. The van der Waals surface area contributed by atoms with Crippen molar-refractivity contribution in [2.45, 2.75) is 50.7 Å². The van der Waals surface area contributed by atoms with E-state index in [1.807, 2.05) is 0 Å². The maximum absolute atomic E-state index is 6.48. The molecule has 3 nitrogen and oxygen atoms in total. The second kappa shape index (κ2) is 6.37. The first-order valence-corrected chi connectivity index (χ1v) is 8.42. The molecule has 1 saturated heterocycles. The third-order valence-corrected chi connectivity index (χ3v) is 5.02. The van der Waals surface area contributed by atoms with E-state index in [4.69, 9.17) is 4.74 Å². The number of nitrogens with zero attached hydrogens (tertiary/aromatic N) is 1. The predicted molar refractivity (Wildman–Crippen MR) is 86.8 cm³/mol. The standard InChI is InChI=1S/C18H28N2O/c1-3-4-11-19-16-14-18(9-12-20(2)13-10-18)21-17-8-6-5-7-15(16)17/h5-8,16,19H,3-4,9-14H2,1-2H3. The fourth-order valence-electron chi connectivity index (χ4n) is 3.59. The maximum atomic E-state index is 6.48. The molecule has 1 spiro atoms. The number of ether oxygens (including phenoxy) is 1. The maximum Gasteiger partial charge on any atom is 0.124 e. The van der Waals surface area contributed by atoms with E-state index >= 15 is 0 Å². The van der Waals surface area contributed by atoms with Gasteiger partial charge in [0.1, 0.15) is 11.4 Å². The summed E-state index contributed by atoms with van der Waals surface area (Å²) in [4.78, 5) is 2.41. The quantitative estimate of drug-likeness (QED) is 0.860. The third kappa shape index (κ3) is 3.24. The summed E-state index contributed by atoms with van der Waals surface area (Å²) < 4.78 is 6.48. The Labute approximate surface area is 128 Å². The second-order valence-electron chi connectivity index (χ2n) is 6.69. The van der Waals surface area contributed by atoms with Gasteiger partial charge < -0.3 is 15.0 Å². The molecule has 1 fully saturated rings. The number of unbranched alkanes of at least 4 members (excludes halogenated alkanes) is 1. The van der Waals surface area contributed by atoms with Gasteiger partial charge in [0.15, 0.2) is 0 Å². The Kier molecular flexibility index (Phi) is 4.51. The topological polar surface area (TPSA) is 24.5 Å². The van der Waals surface area contributed by atoms with Crippen LogP contribution in [-0.2, 0) is 0 Å². The molecular weight excluding hydrogens is 260 g/mol. The number of hydrogen-bond acceptors (Lipinski definition) is 3. The van der Waals surface area contributed by atoms with Gasteiger partial charge in [-0.25, -0.2) is 0 Å². The summed E-state index contributed by atoms with van der Waals surface area (Å²) in [6.45, 7) is 5.64. The highest BCUT2D eigenvalue weighted by atomic mass is 16.5. The molecule has 0 bridgehead atoms. The largest absolute Gasteiger partial charge is 0.487 e. The van der Waals surface area contributed by atoms with Gasteiger partial charge in [0.05, 0.1) is 0 Å². The van der Waals surface area contributed by atoms with Gasteiger partial charge in [-0.3, -0.25) is 0 Å². The van der Waals surface area contributed by atoms with Gasteiger partial charge in [-0.1, -0.05) is 31.5 Å². The molecule has 1 atom stereocenters. The van der Waals surface area contributed by atoms with Crippen LogP contribution in [0.1, 0.15) is 50.6 Å². The summed E-state index contributed by atoms with van der Waals surface area (Å²) in [5.74, 6) is 1.10. The Morgan fingerprint density at radius 2 is 2.05 bits per heavy atom. The molecule has 1 aromatic rings. The minimum absolute atomic E-state index is 0.0464. The van der Waals surface area contributed by atoms with Crippen LogP contribution in [0, 0.1) is 0 Å². The molecule has 21 heavy (non-hydrogen) atoms. The molecule has 1 N–H and O–H groups in total. The zero-order chi connectivity index (χ0) is 14.7. The predicted octanol–water partition coefficient (Wildman–Crippen LogP) is 3.36. The Morgan fingerprint density at radius 3 is 2.81 bits per heavy atom. The molecule has 2 heterocycles. The van der Waals surface area contributed by atoms with Crippen LogP contribution in [-0.4, -0.2) is 37.2 Å². The van der Waals surface area contributed by atoms with Gasteiger partial charge in [0, 0.05) is 31.1 Å². The van der Waals surface area contributed by atoms with Crippen molar-refractivity contribution in [3.8, 4) is 5.75 Å². The molecule has 0 amide bonds. The smallest absolute Gasteiger partial charge is 0.124 e. The lowest BCUT2D eigenvalue weighted by Crippen LogP contribution is -2.51. The number of likely N-dealkylation sites (tertiary alicyclic amines) is 1. The van der Waals surface area contributed by atoms with Crippen LogP contribution in [0.25, 0.3) is 0 Å². The highest BCUT2D eigenvalue weighted by Gasteiger charge is 2.42. The lowest BCUT2D eigenvalue weighted by molar-refractivity contribution is -0.0202. The van der Waals surface area contributed by atoms with E-state index in [0.717, 1.165) is 44.6 Å². The van der Waals surface area contributed by atoms with Crippen molar-refractivity contribution in [2.24, 2.45) is 0 Å². The fourth-order valence-corrected chi connectivity index (χ4v) is 3.59. The number of benzene rings is 1. The number of fused-ring (bicyclic) bond motifs is 1. The molecular formula is C18H28N2O. The van der Waals surface area contributed by atoms with Gasteiger partial charge in [-0.15, -0.1) is 0 Å². The lowest BCUT2D eigenvalue weighted by atomic mass is 9.80. The molecule has 3 rings (SSSR count). The van der Waals surface area contributed by atoms with Crippen molar-refractivity contribution < 1.29 is 4.74 Å². The van der Waals surface area contributed by atoms with Crippen LogP contribution in [0.5, 0.6) is 5.75 Å². The van der Waals surface area contributed by atoms with Crippen LogP contribution >= 0.6 is 0 Å². The number of nitrogens with one attached hydrogen (secondary N) is 1. The highest BCUT2D eigenvalue weighted by Crippen LogP contribution is 2.43. The first-order chi connectivity index (χ1) is 10.2. The average molecular weight is 288 g/mol. The zero-order valence-corrected chi connectivity index (χ0v) is 13.4. The van der Waals surface area contributed by atoms with Crippen molar-refractivity contribution in [1.82, 2.24) is 10.2 Å². The summed E-state index contributed by atoms with van der Waals surface area (Å²) in [6.07, 6.45) is 5.89. The van der Waals surface area contributed by atoms with E-state index in [1.54, 1.807) is 0 Å². The summed E-state index contributed by atoms with van der Waals surface area (Å²) in [7, 11) is 2.21. The first kappa shape index (κ1) is 14.9. The lowest BCUT2D eigenvalue weighted by Gasteiger charge is -2.46. The number of piperidine rings is 1. The van der Waals surface area contributed by atoms with E-state index < -0.39 is 0 Å². The highest BCUT2D eigenvalue weighted by molar-refractivity contribution is 5.39. The molecule has 0 radical (unpaired) electrons. The number of hydrogen-bond donors (Lipinski definition) is 1. The van der Waals surface area contributed by atoms with Gasteiger partial charge in [-0.05, 0) is 38.9 Å². The van der Waals surface area contributed by atoms with E-state index in [2.05, 4.69) is 48.5 Å². The Bertz CT molecular complexity index is 466. The molecule has 116 valence electrons. The van der Waals surface area contributed by atoms with E-state index in [1.165, 1.54) is 18.4 Å². The third-order valence-electron chi connectivity index (χ3n) is 5.02. The van der Waals surface area contributed by atoms with Crippen LogP contribution in [0.3, 0.4) is 0 Å². The number of para-hydroxylation sites is 1. The fraction of sp³-hybridized carbons (Fsp3) is 0.667. The molecule has 1 unspecified atom stereocenters. The summed E-state index contributed by atoms with van der Waals surface area (Å²) >= 11 is 0. The van der Waals surface area contributed by atoms with Crippen molar-refractivity contribution in [3.63, 3.8) is 0 Å². The van der Waals surface area contributed by atoms with Crippen molar-refractivity contribution >= 4 is 0 Å². The molecule has 2 aliphatic rings. The van der Waals surface area contributed by atoms with Crippen molar-refractivity contribution in [3.05, 3.63) is 29.8 Å². The number of rotatable bonds is 4. The molecule has 0 saturated carbocycles. The van der Waals surface area contributed by atoms with Gasteiger partial charge in [-0.2, -0.15) is 0 Å². The molecule has 2 aliphatic heterocycles. The van der Waals surface area contributed by atoms with E-state index in [-0.39, 0.29) is 5.60 Å². The molecule has 3 heteroatoms. The molecule has 0 aromatic heterocycles. The Hall–Kier alpha value is -1.06. The normalized spacial score (nSPS) is 24.6. The molecule has 0 aliphatic carbocycles. The average Bonchev–Trinajstić information content (AvgIpc) is 2.51. The van der Waals surface area contributed by atoms with Crippen LogP contribution in [0.15, 0.2) is 24.3 Å². The first-order valence-electron chi connectivity index (χ1n) is 8.42. The van der Waals surface area contributed by atoms with Crippen molar-refractivity contribution in [2.75, 3.05) is 26.7 Å². The van der Waals surface area contributed by atoms with Crippen LogP contribution < -0.4 is 10.1 Å². The van der Waals surface area contributed by atoms with Crippen molar-refractivity contribution in [1.29, 1.82) is 0 Å². The summed E-state index contributed by atoms with van der Waals surface area (Å²) in [5.41, 5.74) is 1.39. The van der Waals surface area contributed by atoms with Gasteiger partial charge in [0.2, 0.25) is 0 Å². The second-order valence-corrected chi connectivity index (χ2v) is 6.69. The van der Waals surface area contributed by atoms with Gasteiger partial charge >= 0.3 is 0 Å².